The van der Waals surface area contributed by atoms with Crippen LogP contribution in [0.4, 0.5) is 4.39 Å². The van der Waals surface area contributed by atoms with Gasteiger partial charge in [-0.05, 0) is 48.9 Å². The van der Waals surface area contributed by atoms with Gasteiger partial charge < -0.3 is 5.32 Å². The minimum atomic E-state index is -0.191. The largest absolute Gasteiger partial charge is 0.313 e. The number of likely N-dealkylation sites (N-methyl/N-ethyl adjacent to an activating group) is 1. The smallest absolute Gasteiger partial charge is 0.123 e. The SMILES string of the molecule is CNC(Cc1ccc(F)cc1)c1ccc(Br)cc1. The van der Waals surface area contributed by atoms with E-state index in [0.717, 1.165) is 16.5 Å². The van der Waals surface area contributed by atoms with Gasteiger partial charge in [-0.3, -0.25) is 0 Å². The zero-order valence-corrected chi connectivity index (χ0v) is 11.7. The van der Waals surface area contributed by atoms with Crippen LogP contribution in [-0.2, 0) is 6.42 Å². The van der Waals surface area contributed by atoms with Crippen LogP contribution in [-0.4, -0.2) is 7.05 Å². The highest BCUT2D eigenvalue weighted by Gasteiger charge is 2.09. The molecule has 0 fully saturated rings. The summed E-state index contributed by atoms with van der Waals surface area (Å²) in [6, 6.07) is 15.2. The van der Waals surface area contributed by atoms with E-state index in [9.17, 15) is 4.39 Å². The molecule has 0 amide bonds. The lowest BCUT2D eigenvalue weighted by atomic mass is 9.99. The van der Waals surface area contributed by atoms with Crippen LogP contribution >= 0.6 is 15.9 Å². The normalized spacial score (nSPS) is 12.4. The molecule has 0 heterocycles. The fourth-order valence-electron chi connectivity index (χ4n) is 1.94. The van der Waals surface area contributed by atoms with E-state index in [-0.39, 0.29) is 11.9 Å². The van der Waals surface area contributed by atoms with Crippen molar-refractivity contribution in [2.75, 3.05) is 7.05 Å². The molecule has 18 heavy (non-hydrogen) atoms. The van der Waals surface area contributed by atoms with Crippen molar-refractivity contribution in [3.8, 4) is 0 Å². The lowest BCUT2D eigenvalue weighted by Gasteiger charge is -2.17. The van der Waals surface area contributed by atoms with Crippen molar-refractivity contribution < 1.29 is 4.39 Å². The van der Waals surface area contributed by atoms with Gasteiger partial charge in [0.2, 0.25) is 0 Å². The Morgan fingerprint density at radius 1 is 1.06 bits per heavy atom. The van der Waals surface area contributed by atoms with Crippen LogP contribution in [0.15, 0.2) is 53.0 Å². The number of hydrogen-bond donors (Lipinski definition) is 1. The van der Waals surface area contributed by atoms with Crippen molar-refractivity contribution in [1.29, 1.82) is 0 Å². The first kappa shape index (κ1) is 13.2. The van der Waals surface area contributed by atoms with Crippen molar-refractivity contribution in [1.82, 2.24) is 5.32 Å². The molecule has 1 nitrogen and oxygen atoms in total. The Balaban J connectivity index is 2.14. The Bertz CT molecular complexity index is 493. The molecule has 0 radical (unpaired) electrons. The summed E-state index contributed by atoms with van der Waals surface area (Å²) in [5.41, 5.74) is 2.35. The fraction of sp³-hybridized carbons (Fsp3) is 0.200. The number of benzene rings is 2. The highest BCUT2D eigenvalue weighted by atomic mass is 79.9. The van der Waals surface area contributed by atoms with E-state index < -0.39 is 0 Å². The van der Waals surface area contributed by atoms with E-state index in [2.05, 4.69) is 33.4 Å². The molecule has 94 valence electrons. The highest BCUT2D eigenvalue weighted by Crippen LogP contribution is 2.20. The van der Waals surface area contributed by atoms with Crippen LogP contribution in [0.25, 0.3) is 0 Å². The van der Waals surface area contributed by atoms with Gasteiger partial charge in [0.1, 0.15) is 5.82 Å². The number of rotatable bonds is 4. The summed E-state index contributed by atoms with van der Waals surface area (Å²) in [4.78, 5) is 0. The minimum absolute atomic E-state index is 0.191. The summed E-state index contributed by atoms with van der Waals surface area (Å²) in [7, 11) is 1.94. The Hall–Kier alpha value is -1.19. The topological polar surface area (TPSA) is 12.0 Å². The molecule has 0 aliphatic rings. The molecule has 2 aromatic rings. The van der Waals surface area contributed by atoms with Crippen LogP contribution in [0.1, 0.15) is 17.2 Å². The third-order valence-corrected chi connectivity index (χ3v) is 3.50. The second kappa shape index (κ2) is 6.12. The van der Waals surface area contributed by atoms with Crippen molar-refractivity contribution in [3.63, 3.8) is 0 Å². The first-order valence-corrected chi connectivity index (χ1v) is 6.65. The summed E-state index contributed by atoms with van der Waals surface area (Å²) in [5, 5.41) is 3.29. The molecule has 0 saturated carbocycles. The van der Waals surface area contributed by atoms with Gasteiger partial charge in [-0.15, -0.1) is 0 Å². The van der Waals surface area contributed by atoms with Crippen molar-refractivity contribution >= 4 is 15.9 Å². The predicted octanol–water partition coefficient (Wildman–Crippen LogP) is 4.09. The number of hydrogen-bond acceptors (Lipinski definition) is 1. The van der Waals surface area contributed by atoms with Gasteiger partial charge in [0.25, 0.3) is 0 Å². The van der Waals surface area contributed by atoms with Crippen molar-refractivity contribution in [2.45, 2.75) is 12.5 Å². The van der Waals surface area contributed by atoms with Gasteiger partial charge in [0.05, 0.1) is 0 Å². The van der Waals surface area contributed by atoms with Crippen LogP contribution in [0.5, 0.6) is 0 Å². The average Bonchev–Trinajstić information content (AvgIpc) is 2.39. The molecule has 0 bridgehead atoms. The summed E-state index contributed by atoms with van der Waals surface area (Å²) in [6.07, 6.45) is 0.846. The molecule has 2 rings (SSSR count). The van der Waals surface area contributed by atoms with Crippen LogP contribution < -0.4 is 5.32 Å². The molecule has 0 aromatic heterocycles. The quantitative estimate of drug-likeness (QED) is 0.897. The first-order chi connectivity index (χ1) is 8.69. The standard InChI is InChI=1S/C15H15BrFN/c1-18-15(12-4-6-13(16)7-5-12)10-11-2-8-14(17)9-3-11/h2-9,15,18H,10H2,1H3. The molecule has 2 aromatic carbocycles. The second-order valence-electron chi connectivity index (χ2n) is 4.22. The highest BCUT2D eigenvalue weighted by molar-refractivity contribution is 9.10. The number of halogens is 2. The second-order valence-corrected chi connectivity index (χ2v) is 5.14. The average molecular weight is 308 g/mol. The Morgan fingerprint density at radius 3 is 2.22 bits per heavy atom. The summed E-state index contributed by atoms with van der Waals surface area (Å²) >= 11 is 3.43. The molecular weight excluding hydrogens is 293 g/mol. The maximum atomic E-state index is 12.9. The van der Waals surface area contributed by atoms with Gasteiger partial charge in [-0.2, -0.15) is 0 Å². The van der Waals surface area contributed by atoms with Gasteiger partial charge in [-0.25, -0.2) is 4.39 Å². The molecular formula is C15H15BrFN. The van der Waals surface area contributed by atoms with Gasteiger partial charge in [0, 0.05) is 10.5 Å². The number of nitrogens with one attached hydrogen (secondary N) is 1. The van der Waals surface area contributed by atoms with E-state index in [4.69, 9.17) is 0 Å². The maximum Gasteiger partial charge on any atom is 0.123 e. The molecule has 1 N–H and O–H groups in total. The van der Waals surface area contributed by atoms with Crippen molar-refractivity contribution in [2.24, 2.45) is 0 Å². The molecule has 0 spiro atoms. The molecule has 0 saturated heterocycles. The lowest BCUT2D eigenvalue weighted by Crippen LogP contribution is -2.18. The lowest BCUT2D eigenvalue weighted by molar-refractivity contribution is 0.589. The first-order valence-electron chi connectivity index (χ1n) is 5.86. The Kier molecular flexibility index (Phi) is 4.50. The predicted molar refractivity (Wildman–Crippen MR) is 76.0 cm³/mol. The van der Waals surface area contributed by atoms with Gasteiger partial charge >= 0.3 is 0 Å². The summed E-state index contributed by atoms with van der Waals surface area (Å²) < 4.78 is 13.9. The molecule has 0 aliphatic carbocycles. The third-order valence-electron chi connectivity index (χ3n) is 2.97. The van der Waals surface area contributed by atoms with E-state index in [1.807, 2.05) is 31.3 Å². The molecule has 0 aliphatic heterocycles. The maximum absolute atomic E-state index is 12.9. The third kappa shape index (κ3) is 3.40. The van der Waals surface area contributed by atoms with E-state index in [1.165, 1.54) is 17.7 Å². The van der Waals surface area contributed by atoms with Crippen LogP contribution in [0.3, 0.4) is 0 Å². The molecule has 3 heteroatoms. The van der Waals surface area contributed by atoms with Crippen LogP contribution in [0.2, 0.25) is 0 Å². The van der Waals surface area contributed by atoms with Crippen molar-refractivity contribution in [3.05, 3.63) is 69.9 Å². The minimum Gasteiger partial charge on any atom is -0.313 e. The Morgan fingerprint density at radius 2 is 1.67 bits per heavy atom. The van der Waals surface area contributed by atoms with E-state index >= 15 is 0 Å². The summed E-state index contributed by atoms with van der Waals surface area (Å²) in [6.45, 7) is 0. The Labute approximate surface area is 115 Å². The molecule has 1 atom stereocenters. The summed E-state index contributed by atoms with van der Waals surface area (Å²) in [5.74, 6) is -0.191. The van der Waals surface area contributed by atoms with Crippen LogP contribution in [0, 0.1) is 5.82 Å². The fourth-order valence-corrected chi connectivity index (χ4v) is 2.20. The van der Waals surface area contributed by atoms with E-state index in [1.54, 1.807) is 0 Å². The van der Waals surface area contributed by atoms with Gasteiger partial charge in [-0.1, -0.05) is 40.2 Å². The zero-order chi connectivity index (χ0) is 13.0. The van der Waals surface area contributed by atoms with Gasteiger partial charge in [0.15, 0.2) is 0 Å². The van der Waals surface area contributed by atoms with E-state index in [0.29, 0.717) is 0 Å². The molecule has 1 unspecified atom stereocenters. The zero-order valence-electron chi connectivity index (χ0n) is 10.2. The monoisotopic (exact) mass is 307 g/mol.